The maximum atomic E-state index is 11.9. The van der Waals surface area contributed by atoms with E-state index in [1.54, 1.807) is 0 Å². The van der Waals surface area contributed by atoms with Gasteiger partial charge in [-0.2, -0.15) is 5.26 Å². The lowest BCUT2D eigenvalue weighted by Gasteiger charge is -2.14. The summed E-state index contributed by atoms with van der Waals surface area (Å²) < 4.78 is 0. The van der Waals surface area contributed by atoms with Crippen LogP contribution in [0.1, 0.15) is 36.5 Å². The Bertz CT molecular complexity index is 460. The van der Waals surface area contributed by atoms with E-state index in [0.717, 1.165) is 23.1 Å². The molecule has 0 saturated heterocycles. The first kappa shape index (κ1) is 14.2. The molecule has 1 amide bonds. The number of nitriles is 1. The number of nitrogens with one attached hydrogen (secondary N) is 1. The molecule has 96 valence electrons. The molecule has 0 heterocycles. The molecule has 3 nitrogen and oxygen atoms in total. The summed E-state index contributed by atoms with van der Waals surface area (Å²) in [5.41, 5.74) is 3.34. The Labute approximate surface area is 109 Å². The van der Waals surface area contributed by atoms with E-state index in [0.29, 0.717) is 12.8 Å². The number of rotatable bonds is 5. The smallest absolute Gasteiger partial charge is 0.224 e. The number of carbonyl (C=O) groups is 1. The third-order valence-electron chi connectivity index (χ3n) is 3.05. The fraction of sp³-hybridized carbons (Fsp3) is 0.467. The number of carbonyl (C=O) groups excluding carboxylic acids is 1. The number of hydrogen-bond acceptors (Lipinski definition) is 2. The van der Waals surface area contributed by atoms with Gasteiger partial charge in [0.1, 0.15) is 0 Å². The van der Waals surface area contributed by atoms with Crippen molar-refractivity contribution >= 4 is 5.91 Å². The van der Waals surface area contributed by atoms with E-state index in [1.165, 1.54) is 0 Å². The van der Waals surface area contributed by atoms with Crippen molar-refractivity contribution in [1.82, 2.24) is 5.32 Å². The molecule has 18 heavy (non-hydrogen) atoms. The third-order valence-corrected chi connectivity index (χ3v) is 3.05. The van der Waals surface area contributed by atoms with Crippen molar-refractivity contribution in [1.29, 1.82) is 5.26 Å². The molecule has 0 aliphatic rings. The number of benzene rings is 1. The zero-order valence-electron chi connectivity index (χ0n) is 11.3. The maximum absolute atomic E-state index is 11.9. The lowest BCUT2D eigenvalue weighted by Crippen LogP contribution is -2.35. The molecule has 0 fully saturated rings. The predicted octanol–water partition coefficient (Wildman–Crippen LogP) is 2.65. The van der Waals surface area contributed by atoms with Crippen molar-refractivity contribution in [2.45, 2.75) is 46.1 Å². The average Bonchev–Trinajstić information content (AvgIpc) is 2.33. The van der Waals surface area contributed by atoms with Gasteiger partial charge in [-0.1, -0.05) is 30.7 Å². The minimum Gasteiger partial charge on any atom is -0.352 e. The van der Waals surface area contributed by atoms with Crippen LogP contribution in [-0.4, -0.2) is 11.9 Å². The third kappa shape index (κ3) is 4.21. The highest BCUT2D eigenvalue weighted by atomic mass is 16.1. The van der Waals surface area contributed by atoms with Gasteiger partial charge in [-0.15, -0.1) is 0 Å². The van der Waals surface area contributed by atoms with E-state index in [4.69, 9.17) is 5.26 Å². The standard InChI is InChI=1S/C15H20N2O/c1-4-14(7-8-16)17-15(18)10-13-9-11(2)5-6-12(13)3/h5-6,9,14H,4,7,10H2,1-3H3,(H,17,18). The van der Waals surface area contributed by atoms with Crippen molar-refractivity contribution in [3.8, 4) is 6.07 Å². The Kier molecular flexibility index (Phi) is 5.38. The normalized spacial score (nSPS) is 11.7. The molecule has 0 aromatic heterocycles. The van der Waals surface area contributed by atoms with Gasteiger partial charge in [0.15, 0.2) is 0 Å². The fourth-order valence-electron chi connectivity index (χ4n) is 1.85. The van der Waals surface area contributed by atoms with Gasteiger partial charge in [0.2, 0.25) is 5.91 Å². The maximum Gasteiger partial charge on any atom is 0.224 e. The molecular formula is C15H20N2O. The molecule has 0 saturated carbocycles. The molecular weight excluding hydrogens is 224 g/mol. The molecule has 1 N–H and O–H groups in total. The topological polar surface area (TPSA) is 52.9 Å². The van der Waals surface area contributed by atoms with Crippen molar-refractivity contribution in [2.75, 3.05) is 0 Å². The summed E-state index contributed by atoms with van der Waals surface area (Å²) in [4.78, 5) is 11.9. The second kappa shape index (κ2) is 6.80. The largest absolute Gasteiger partial charge is 0.352 e. The van der Waals surface area contributed by atoms with E-state index >= 15 is 0 Å². The second-order valence-corrected chi connectivity index (χ2v) is 4.64. The summed E-state index contributed by atoms with van der Waals surface area (Å²) in [6.45, 7) is 6.00. The highest BCUT2D eigenvalue weighted by Gasteiger charge is 2.11. The first-order valence-corrected chi connectivity index (χ1v) is 6.29. The summed E-state index contributed by atoms with van der Waals surface area (Å²) in [7, 11) is 0. The minimum absolute atomic E-state index is 0.00852. The van der Waals surface area contributed by atoms with Crippen molar-refractivity contribution in [3.05, 3.63) is 34.9 Å². The summed E-state index contributed by atoms with van der Waals surface area (Å²) in [6.07, 6.45) is 1.54. The van der Waals surface area contributed by atoms with Crippen LogP contribution in [0.2, 0.25) is 0 Å². The number of amides is 1. The zero-order chi connectivity index (χ0) is 13.5. The predicted molar refractivity (Wildman–Crippen MR) is 72.1 cm³/mol. The molecule has 1 aromatic carbocycles. The number of hydrogen-bond donors (Lipinski definition) is 1. The second-order valence-electron chi connectivity index (χ2n) is 4.64. The van der Waals surface area contributed by atoms with Gasteiger partial charge in [0, 0.05) is 6.04 Å². The molecule has 1 unspecified atom stereocenters. The van der Waals surface area contributed by atoms with Gasteiger partial charge in [0.25, 0.3) is 0 Å². The molecule has 0 radical (unpaired) electrons. The Balaban J connectivity index is 2.64. The molecule has 1 aromatic rings. The van der Waals surface area contributed by atoms with E-state index in [1.807, 2.05) is 39.0 Å². The Morgan fingerprint density at radius 1 is 1.44 bits per heavy atom. The zero-order valence-corrected chi connectivity index (χ0v) is 11.3. The summed E-state index contributed by atoms with van der Waals surface area (Å²) in [6, 6.07) is 8.18. The number of aryl methyl sites for hydroxylation is 2. The van der Waals surface area contributed by atoms with Crippen LogP contribution in [0.4, 0.5) is 0 Å². The monoisotopic (exact) mass is 244 g/mol. The van der Waals surface area contributed by atoms with Crippen LogP contribution in [-0.2, 0) is 11.2 Å². The first-order chi connectivity index (χ1) is 8.56. The fourth-order valence-corrected chi connectivity index (χ4v) is 1.85. The molecule has 1 rings (SSSR count). The van der Waals surface area contributed by atoms with Gasteiger partial charge in [0.05, 0.1) is 18.9 Å². The lowest BCUT2D eigenvalue weighted by molar-refractivity contribution is -0.121. The lowest BCUT2D eigenvalue weighted by atomic mass is 10.0. The average molecular weight is 244 g/mol. The summed E-state index contributed by atoms with van der Waals surface area (Å²) in [5.74, 6) is -0.00852. The van der Waals surface area contributed by atoms with E-state index in [9.17, 15) is 4.79 Å². The Hall–Kier alpha value is -1.82. The van der Waals surface area contributed by atoms with Crippen molar-refractivity contribution in [3.63, 3.8) is 0 Å². The van der Waals surface area contributed by atoms with Crippen LogP contribution < -0.4 is 5.32 Å². The SMILES string of the molecule is CCC(CC#N)NC(=O)Cc1cc(C)ccc1C. The molecule has 1 atom stereocenters. The van der Waals surface area contributed by atoms with Crippen LogP contribution in [0.25, 0.3) is 0 Å². The van der Waals surface area contributed by atoms with E-state index in [-0.39, 0.29) is 11.9 Å². The highest BCUT2D eigenvalue weighted by molar-refractivity contribution is 5.79. The highest BCUT2D eigenvalue weighted by Crippen LogP contribution is 2.11. The quantitative estimate of drug-likeness (QED) is 0.865. The number of nitrogens with zero attached hydrogens (tertiary/aromatic N) is 1. The molecule has 3 heteroatoms. The first-order valence-electron chi connectivity index (χ1n) is 6.29. The summed E-state index contributed by atoms with van der Waals surface area (Å²) >= 11 is 0. The summed E-state index contributed by atoms with van der Waals surface area (Å²) in [5, 5.41) is 11.6. The molecule has 0 spiro atoms. The Morgan fingerprint density at radius 2 is 2.17 bits per heavy atom. The van der Waals surface area contributed by atoms with E-state index < -0.39 is 0 Å². The van der Waals surface area contributed by atoms with Crippen LogP contribution in [0.3, 0.4) is 0 Å². The van der Waals surface area contributed by atoms with E-state index in [2.05, 4.69) is 11.4 Å². The van der Waals surface area contributed by atoms with Crippen LogP contribution in [0.15, 0.2) is 18.2 Å². The van der Waals surface area contributed by atoms with Crippen molar-refractivity contribution in [2.24, 2.45) is 0 Å². The van der Waals surface area contributed by atoms with Crippen molar-refractivity contribution < 1.29 is 4.79 Å². The van der Waals surface area contributed by atoms with Gasteiger partial charge in [-0.3, -0.25) is 4.79 Å². The van der Waals surface area contributed by atoms with Gasteiger partial charge < -0.3 is 5.32 Å². The van der Waals surface area contributed by atoms with Gasteiger partial charge in [-0.05, 0) is 31.4 Å². The molecule has 0 aliphatic heterocycles. The van der Waals surface area contributed by atoms with Crippen LogP contribution in [0.5, 0.6) is 0 Å². The minimum atomic E-state index is -0.0346. The van der Waals surface area contributed by atoms with Crippen LogP contribution in [0, 0.1) is 25.2 Å². The van der Waals surface area contributed by atoms with Gasteiger partial charge >= 0.3 is 0 Å². The molecule has 0 bridgehead atoms. The van der Waals surface area contributed by atoms with Gasteiger partial charge in [-0.25, -0.2) is 0 Å². The Morgan fingerprint density at radius 3 is 2.78 bits per heavy atom. The van der Waals surface area contributed by atoms with Crippen LogP contribution >= 0.6 is 0 Å². The molecule has 0 aliphatic carbocycles.